The second-order valence-corrected chi connectivity index (χ2v) is 3.78. The summed E-state index contributed by atoms with van der Waals surface area (Å²) in [5.41, 5.74) is 0.593. The van der Waals surface area contributed by atoms with Crippen LogP contribution < -0.4 is 14.2 Å². The second-order valence-electron chi connectivity index (χ2n) is 3.78. The fourth-order valence-electron chi connectivity index (χ4n) is 2.20. The smallest absolute Gasteiger partial charge is 0.170 e. The predicted octanol–water partition coefficient (Wildman–Crippen LogP) is 2.36. The van der Waals surface area contributed by atoms with Crippen LogP contribution in [0, 0.1) is 0 Å². The number of hydrogen-bond donors (Lipinski definition) is 1. The van der Waals surface area contributed by atoms with Gasteiger partial charge in [-0.15, -0.1) is 0 Å². The van der Waals surface area contributed by atoms with E-state index in [2.05, 4.69) is 0 Å². The van der Waals surface area contributed by atoms with Crippen LogP contribution in [0.25, 0.3) is 10.8 Å². The molecule has 0 aliphatic rings. The molecule has 4 nitrogen and oxygen atoms in total. The molecule has 0 fully saturated rings. The standard InChI is InChI=1S/C14H16O4/c1-16-12-9-6-4-5-7-10(9)13(17-2)14(18-3)11(12)8-15/h4-7,15H,8H2,1-3H3. The maximum Gasteiger partial charge on any atom is 0.170 e. The molecule has 2 aromatic carbocycles. The highest BCUT2D eigenvalue weighted by Crippen LogP contribution is 2.45. The molecule has 1 N–H and O–H groups in total. The third kappa shape index (κ3) is 1.75. The predicted molar refractivity (Wildman–Crippen MR) is 69.5 cm³/mol. The van der Waals surface area contributed by atoms with E-state index >= 15 is 0 Å². The number of methoxy groups -OCH3 is 3. The number of hydrogen-bond acceptors (Lipinski definition) is 4. The molecule has 18 heavy (non-hydrogen) atoms. The van der Waals surface area contributed by atoms with E-state index in [-0.39, 0.29) is 6.61 Å². The molecular weight excluding hydrogens is 232 g/mol. The summed E-state index contributed by atoms with van der Waals surface area (Å²) in [6, 6.07) is 7.69. The number of benzene rings is 2. The van der Waals surface area contributed by atoms with Crippen molar-refractivity contribution in [1.29, 1.82) is 0 Å². The topological polar surface area (TPSA) is 47.9 Å². The molecule has 96 valence electrons. The van der Waals surface area contributed by atoms with Gasteiger partial charge in [0, 0.05) is 10.8 Å². The Morgan fingerprint density at radius 1 is 0.833 bits per heavy atom. The minimum atomic E-state index is -0.173. The van der Waals surface area contributed by atoms with E-state index < -0.39 is 0 Å². The van der Waals surface area contributed by atoms with Gasteiger partial charge in [0.25, 0.3) is 0 Å². The molecule has 0 unspecified atom stereocenters. The molecule has 4 heteroatoms. The number of fused-ring (bicyclic) bond motifs is 1. The highest BCUT2D eigenvalue weighted by Gasteiger charge is 2.20. The molecule has 0 aliphatic carbocycles. The Hall–Kier alpha value is -1.94. The van der Waals surface area contributed by atoms with Crippen molar-refractivity contribution in [1.82, 2.24) is 0 Å². The highest BCUT2D eigenvalue weighted by molar-refractivity contribution is 5.97. The van der Waals surface area contributed by atoms with E-state index in [0.717, 1.165) is 10.8 Å². The van der Waals surface area contributed by atoms with Gasteiger partial charge in [-0.05, 0) is 0 Å². The first-order valence-electron chi connectivity index (χ1n) is 5.58. The number of ether oxygens (including phenoxy) is 3. The van der Waals surface area contributed by atoms with Crippen LogP contribution in [0.5, 0.6) is 17.2 Å². The van der Waals surface area contributed by atoms with Gasteiger partial charge in [-0.3, -0.25) is 0 Å². The van der Waals surface area contributed by atoms with Gasteiger partial charge >= 0.3 is 0 Å². The average molecular weight is 248 g/mol. The molecule has 0 saturated carbocycles. The SMILES string of the molecule is COc1c(CO)c(OC)c2ccccc2c1OC. The molecule has 0 aromatic heterocycles. The summed E-state index contributed by atoms with van der Waals surface area (Å²) in [7, 11) is 4.70. The molecule has 2 aromatic rings. The molecule has 0 radical (unpaired) electrons. The lowest BCUT2D eigenvalue weighted by Crippen LogP contribution is -2.01. The van der Waals surface area contributed by atoms with Crippen LogP contribution in [0.1, 0.15) is 5.56 Å². The van der Waals surface area contributed by atoms with Crippen LogP contribution in [0.4, 0.5) is 0 Å². The first-order valence-corrected chi connectivity index (χ1v) is 5.58. The van der Waals surface area contributed by atoms with Crippen LogP contribution in [0.2, 0.25) is 0 Å². The Bertz CT molecular complexity index is 513. The van der Waals surface area contributed by atoms with E-state index in [1.165, 1.54) is 0 Å². The lowest BCUT2D eigenvalue weighted by Gasteiger charge is -2.18. The van der Waals surface area contributed by atoms with Crippen molar-refractivity contribution in [3.05, 3.63) is 29.8 Å². The summed E-state index contributed by atoms with van der Waals surface area (Å²) >= 11 is 0. The van der Waals surface area contributed by atoms with Gasteiger partial charge < -0.3 is 19.3 Å². The summed E-state index contributed by atoms with van der Waals surface area (Å²) in [5.74, 6) is 1.74. The molecule has 0 amide bonds. The zero-order chi connectivity index (χ0) is 13.1. The molecule has 0 bridgehead atoms. The van der Waals surface area contributed by atoms with Crippen LogP contribution in [-0.2, 0) is 6.61 Å². The Kier molecular flexibility index (Phi) is 3.58. The van der Waals surface area contributed by atoms with E-state index in [1.54, 1.807) is 21.3 Å². The number of aliphatic hydroxyl groups excluding tert-OH is 1. The molecule has 0 heterocycles. The minimum Gasteiger partial charge on any atom is -0.496 e. The van der Waals surface area contributed by atoms with Crippen molar-refractivity contribution >= 4 is 10.8 Å². The van der Waals surface area contributed by atoms with Gasteiger partial charge in [0.2, 0.25) is 0 Å². The molecular formula is C14H16O4. The fraction of sp³-hybridized carbons (Fsp3) is 0.286. The minimum absolute atomic E-state index is 0.173. The number of rotatable bonds is 4. The maximum absolute atomic E-state index is 9.53. The largest absolute Gasteiger partial charge is 0.496 e. The van der Waals surface area contributed by atoms with Crippen molar-refractivity contribution in [2.75, 3.05) is 21.3 Å². The Labute approximate surface area is 106 Å². The van der Waals surface area contributed by atoms with Crippen LogP contribution in [0.3, 0.4) is 0 Å². The fourth-order valence-corrected chi connectivity index (χ4v) is 2.20. The van der Waals surface area contributed by atoms with Gasteiger partial charge in [0.15, 0.2) is 11.5 Å². The second kappa shape index (κ2) is 5.14. The summed E-state index contributed by atoms with van der Waals surface area (Å²) in [6.07, 6.45) is 0. The van der Waals surface area contributed by atoms with Crippen LogP contribution >= 0.6 is 0 Å². The van der Waals surface area contributed by atoms with E-state index in [1.807, 2.05) is 24.3 Å². The van der Waals surface area contributed by atoms with Crippen molar-refractivity contribution in [3.63, 3.8) is 0 Å². The zero-order valence-corrected chi connectivity index (χ0v) is 10.7. The quantitative estimate of drug-likeness (QED) is 0.902. The monoisotopic (exact) mass is 248 g/mol. The summed E-state index contributed by atoms with van der Waals surface area (Å²) in [6.45, 7) is -0.173. The van der Waals surface area contributed by atoms with Crippen molar-refractivity contribution in [3.8, 4) is 17.2 Å². The van der Waals surface area contributed by atoms with E-state index in [0.29, 0.717) is 22.8 Å². The summed E-state index contributed by atoms with van der Waals surface area (Å²) in [5, 5.41) is 11.3. The Balaban J connectivity index is 2.94. The van der Waals surface area contributed by atoms with E-state index in [4.69, 9.17) is 14.2 Å². The van der Waals surface area contributed by atoms with Gasteiger partial charge in [-0.1, -0.05) is 24.3 Å². The summed E-state index contributed by atoms with van der Waals surface area (Å²) in [4.78, 5) is 0. The van der Waals surface area contributed by atoms with Gasteiger partial charge in [0.1, 0.15) is 5.75 Å². The highest BCUT2D eigenvalue weighted by atomic mass is 16.5. The van der Waals surface area contributed by atoms with Gasteiger partial charge in [-0.2, -0.15) is 0 Å². The van der Waals surface area contributed by atoms with Crippen LogP contribution in [0.15, 0.2) is 24.3 Å². The molecule has 0 spiro atoms. The number of aliphatic hydroxyl groups is 1. The Morgan fingerprint density at radius 2 is 1.33 bits per heavy atom. The maximum atomic E-state index is 9.53. The van der Waals surface area contributed by atoms with Crippen molar-refractivity contribution < 1.29 is 19.3 Å². The molecule has 2 rings (SSSR count). The zero-order valence-electron chi connectivity index (χ0n) is 10.7. The Morgan fingerprint density at radius 3 is 1.78 bits per heavy atom. The third-order valence-corrected chi connectivity index (χ3v) is 2.94. The lowest BCUT2D eigenvalue weighted by atomic mass is 10.0. The third-order valence-electron chi connectivity index (χ3n) is 2.94. The van der Waals surface area contributed by atoms with Gasteiger partial charge in [0.05, 0.1) is 33.5 Å². The van der Waals surface area contributed by atoms with Gasteiger partial charge in [-0.25, -0.2) is 0 Å². The lowest BCUT2D eigenvalue weighted by molar-refractivity contribution is 0.262. The normalized spacial score (nSPS) is 10.4. The van der Waals surface area contributed by atoms with Crippen molar-refractivity contribution in [2.24, 2.45) is 0 Å². The molecule has 0 aliphatic heterocycles. The first-order chi connectivity index (χ1) is 8.78. The van der Waals surface area contributed by atoms with E-state index in [9.17, 15) is 5.11 Å². The average Bonchev–Trinajstić information content (AvgIpc) is 2.44. The first kappa shape index (κ1) is 12.5. The van der Waals surface area contributed by atoms with Crippen molar-refractivity contribution in [2.45, 2.75) is 6.61 Å². The molecule has 0 atom stereocenters. The molecule has 0 saturated heterocycles. The summed E-state index contributed by atoms with van der Waals surface area (Å²) < 4.78 is 16.1. The van der Waals surface area contributed by atoms with Crippen LogP contribution in [-0.4, -0.2) is 26.4 Å².